The minimum Gasteiger partial charge on any atom is -0.491 e. The van der Waals surface area contributed by atoms with Gasteiger partial charge >= 0.3 is 0 Å². The van der Waals surface area contributed by atoms with Crippen LogP contribution in [0.1, 0.15) is 27.2 Å². The molecule has 1 heterocycles. The van der Waals surface area contributed by atoms with Crippen LogP contribution in [0.25, 0.3) is 0 Å². The summed E-state index contributed by atoms with van der Waals surface area (Å²) in [5.41, 5.74) is 1.84. The van der Waals surface area contributed by atoms with Crippen LogP contribution in [-0.4, -0.2) is 25.1 Å². The number of nitrogens with zero attached hydrogens (tertiary/aromatic N) is 1. The minimum atomic E-state index is 0.0174. The summed E-state index contributed by atoms with van der Waals surface area (Å²) in [6, 6.07) is 6.18. The highest BCUT2D eigenvalue weighted by molar-refractivity contribution is 6.03. The van der Waals surface area contributed by atoms with Crippen molar-refractivity contribution in [1.82, 2.24) is 0 Å². The maximum absolute atomic E-state index is 11.8. The van der Waals surface area contributed by atoms with E-state index in [9.17, 15) is 4.79 Å². The number of amides is 1. The van der Waals surface area contributed by atoms with Crippen LogP contribution in [0.15, 0.2) is 18.2 Å². The number of rotatable bonds is 4. The van der Waals surface area contributed by atoms with Crippen molar-refractivity contribution in [3.05, 3.63) is 18.2 Å². The number of hydrogen-bond donors (Lipinski definition) is 1. The van der Waals surface area contributed by atoms with Gasteiger partial charge in [-0.2, -0.15) is 0 Å². The molecule has 18 heavy (non-hydrogen) atoms. The lowest BCUT2D eigenvalue weighted by atomic mass is 10.1. The zero-order valence-corrected chi connectivity index (χ0v) is 11.2. The number of para-hydroxylation sites is 1. The molecule has 98 valence electrons. The van der Waals surface area contributed by atoms with E-state index in [2.05, 4.69) is 31.0 Å². The third kappa shape index (κ3) is 2.42. The highest BCUT2D eigenvalue weighted by Crippen LogP contribution is 2.38. The van der Waals surface area contributed by atoms with Crippen LogP contribution in [0.2, 0.25) is 0 Å². The Kier molecular flexibility index (Phi) is 3.75. The Morgan fingerprint density at radius 3 is 2.89 bits per heavy atom. The Labute approximate surface area is 108 Å². The van der Waals surface area contributed by atoms with Crippen molar-refractivity contribution in [3.8, 4) is 5.75 Å². The van der Waals surface area contributed by atoms with Crippen molar-refractivity contribution in [1.29, 1.82) is 0 Å². The van der Waals surface area contributed by atoms with Gasteiger partial charge in [0, 0.05) is 6.04 Å². The maximum atomic E-state index is 11.8. The summed E-state index contributed by atoms with van der Waals surface area (Å²) < 4.78 is 5.69. The normalized spacial score (nSPS) is 14.4. The topological polar surface area (TPSA) is 41.6 Å². The summed E-state index contributed by atoms with van der Waals surface area (Å²) in [6.07, 6.45) is 0.950. The number of benzene rings is 1. The molecule has 0 radical (unpaired) electrons. The van der Waals surface area contributed by atoms with Crippen LogP contribution in [0.3, 0.4) is 0 Å². The molecule has 2 rings (SSSR count). The van der Waals surface area contributed by atoms with E-state index in [0.29, 0.717) is 13.2 Å². The van der Waals surface area contributed by atoms with E-state index in [1.807, 2.05) is 18.2 Å². The van der Waals surface area contributed by atoms with Gasteiger partial charge in [-0.25, -0.2) is 0 Å². The molecule has 1 aromatic carbocycles. The Morgan fingerprint density at radius 2 is 2.22 bits per heavy atom. The molecule has 1 aliphatic rings. The van der Waals surface area contributed by atoms with Gasteiger partial charge in [0.25, 0.3) is 0 Å². The van der Waals surface area contributed by atoms with E-state index in [1.54, 1.807) is 0 Å². The molecule has 1 aliphatic heterocycles. The zero-order valence-electron chi connectivity index (χ0n) is 11.2. The monoisotopic (exact) mass is 248 g/mol. The molecule has 1 aromatic rings. The molecule has 4 heteroatoms. The molecule has 0 bridgehead atoms. The number of carbonyl (C=O) groups excluding carboxylic acids is 1. The first-order chi connectivity index (χ1) is 8.63. The Balaban J connectivity index is 2.37. The van der Waals surface area contributed by atoms with Crippen LogP contribution in [-0.2, 0) is 4.79 Å². The molecule has 0 saturated carbocycles. The predicted octanol–water partition coefficient (Wildman–Crippen LogP) is 2.64. The zero-order chi connectivity index (χ0) is 13.1. The van der Waals surface area contributed by atoms with Gasteiger partial charge in [-0.05, 0) is 32.4 Å². The smallest absolute Gasteiger partial charge is 0.244 e. The summed E-state index contributed by atoms with van der Waals surface area (Å²) in [5.74, 6) is 0.775. The largest absolute Gasteiger partial charge is 0.491 e. The number of nitrogens with one attached hydrogen (secondary N) is 1. The van der Waals surface area contributed by atoms with Gasteiger partial charge in [-0.1, -0.05) is 13.0 Å². The average molecular weight is 248 g/mol. The first-order valence-electron chi connectivity index (χ1n) is 6.45. The van der Waals surface area contributed by atoms with Crippen LogP contribution >= 0.6 is 0 Å². The highest BCUT2D eigenvalue weighted by atomic mass is 16.5. The third-order valence-corrected chi connectivity index (χ3v) is 2.98. The average Bonchev–Trinajstić information content (AvgIpc) is 2.35. The quantitative estimate of drug-likeness (QED) is 0.890. The lowest BCUT2D eigenvalue weighted by Gasteiger charge is -2.34. The first kappa shape index (κ1) is 12.7. The van der Waals surface area contributed by atoms with Crippen molar-refractivity contribution < 1.29 is 9.53 Å². The van der Waals surface area contributed by atoms with Gasteiger partial charge in [-0.3, -0.25) is 4.79 Å². The Hall–Kier alpha value is -1.71. The fourth-order valence-electron chi connectivity index (χ4n) is 2.10. The van der Waals surface area contributed by atoms with E-state index in [1.165, 1.54) is 0 Å². The molecule has 0 aromatic heterocycles. The lowest BCUT2D eigenvalue weighted by molar-refractivity contribution is -0.115. The fraction of sp³-hybridized carbons (Fsp3) is 0.500. The maximum Gasteiger partial charge on any atom is 0.244 e. The summed E-state index contributed by atoms with van der Waals surface area (Å²) in [7, 11) is 0. The van der Waals surface area contributed by atoms with Crippen LogP contribution in [0.4, 0.5) is 11.4 Å². The SMILES string of the molecule is CCCOc1cccc2c1NC(=O)CN2C(C)C. The molecule has 0 atom stereocenters. The Bertz CT molecular complexity index is 443. The lowest BCUT2D eigenvalue weighted by Crippen LogP contribution is -2.42. The van der Waals surface area contributed by atoms with E-state index < -0.39 is 0 Å². The number of ether oxygens (including phenoxy) is 1. The van der Waals surface area contributed by atoms with E-state index >= 15 is 0 Å². The number of carbonyl (C=O) groups is 1. The van der Waals surface area contributed by atoms with Crippen molar-refractivity contribution in [2.75, 3.05) is 23.4 Å². The van der Waals surface area contributed by atoms with Gasteiger partial charge in [0.1, 0.15) is 11.4 Å². The molecule has 1 amide bonds. The van der Waals surface area contributed by atoms with Gasteiger partial charge in [0.15, 0.2) is 0 Å². The second-order valence-electron chi connectivity index (χ2n) is 4.77. The molecular weight excluding hydrogens is 228 g/mol. The van der Waals surface area contributed by atoms with Gasteiger partial charge in [0.05, 0.1) is 18.8 Å². The first-order valence-corrected chi connectivity index (χ1v) is 6.45. The molecule has 0 unspecified atom stereocenters. The molecule has 0 saturated heterocycles. The summed E-state index contributed by atoms with van der Waals surface area (Å²) in [6.45, 7) is 7.30. The van der Waals surface area contributed by atoms with E-state index in [4.69, 9.17) is 4.74 Å². The summed E-state index contributed by atoms with van der Waals surface area (Å²) in [5, 5.41) is 2.92. The molecular formula is C14H20N2O2. The molecule has 0 aliphatic carbocycles. The van der Waals surface area contributed by atoms with Crippen molar-refractivity contribution in [3.63, 3.8) is 0 Å². The summed E-state index contributed by atoms with van der Waals surface area (Å²) in [4.78, 5) is 13.8. The Morgan fingerprint density at radius 1 is 1.44 bits per heavy atom. The minimum absolute atomic E-state index is 0.0174. The van der Waals surface area contributed by atoms with Crippen LogP contribution in [0.5, 0.6) is 5.75 Å². The second-order valence-corrected chi connectivity index (χ2v) is 4.77. The second kappa shape index (κ2) is 5.29. The molecule has 0 spiro atoms. The standard InChI is InChI=1S/C14H20N2O2/c1-4-8-18-12-7-5-6-11-14(12)15-13(17)9-16(11)10(2)3/h5-7,10H,4,8-9H2,1-3H3,(H,15,17). The van der Waals surface area contributed by atoms with Crippen LogP contribution < -0.4 is 15.0 Å². The van der Waals surface area contributed by atoms with Gasteiger partial charge < -0.3 is 15.0 Å². The van der Waals surface area contributed by atoms with Crippen molar-refractivity contribution >= 4 is 17.3 Å². The van der Waals surface area contributed by atoms with Gasteiger partial charge in [0.2, 0.25) is 5.91 Å². The van der Waals surface area contributed by atoms with Crippen molar-refractivity contribution in [2.24, 2.45) is 0 Å². The molecule has 4 nitrogen and oxygen atoms in total. The summed E-state index contributed by atoms with van der Waals surface area (Å²) >= 11 is 0. The van der Waals surface area contributed by atoms with E-state index in [-0.39, 0.29) is 11.9 Å². The van der Waals surface area contributed by atoms with Crippen LogP contribution in [0, 0.1) is 0 Å². The predicted molar refractivity (Wildman–Crippen MR) is 73.3 cm³/mol. The van der Waals surface area contributed by atoms with E-state index in [0.717, 1.165) is 23.5 Å². The van der Waals surface area contributed by atoms with Crippen molar-refractivity contribution in [2.45, 2.75) is 33.2 Å². The fourth-order valence-corrected chi connectivity index (χ4v) is 2.10. The number of fused-ring (bicyclic) bond motifs is 1. The molecule has 1 N–H and O–H groups in total. The highest BCUT2D eigenvalue weighted by Gasteiger charge is 2.26. The number of anilines is 2. The molecule has 0 fully saturated rings. The third-order valence-electron chi connectivity index (χ3n) is 2.98. The van der Waals surface area contributed by atoms with Gasteiger partial charge in [-0.15, -0.1) is 0 Å². The number of hydrogen-bond acceptors (Lipinski definition) is 3.